The monoisotopic (exact) mass is 327 g/mol. The van der Waals surface area contributed by atoms with Crippen LogP contribution in [0.25, 0.3) is 0 Å². The van der Waals surface area contributed by atoms with Crippen molar-refractivity contribution in [1.29, 1.82) is 0 Å². The zero-order chi connectivity index (χ0) is 17.1. The van der Waals surface area contributed by atoms with Gasteiger partial charge in [-0.25, -0.2) is 4.79 Å². The molecule has 0 radical (unpaired) electrons. The molecule has 2 aliphatic rings. The van der Waals surface area contributed by atoms with Crippen molar-refractivity contribution in [2.45, 2.75) is 63.7 Å². The average molecular weight is 327 g/mol. The second-order valence-corrected chi connectivity index (χ2v) is 8.11. The summed E-state index contributed by atoms with van der Waals surface area (Å²) in [6, 6.07) is 0.497. The third-order valence-corrected chi connectivity index (χ3v) is 4.78. The molecule has 2 rings (SSSR count). The Kier molecular flexibility index (Phi) is 5.92. The third-order valence-electron chi connectivity index (χ3n) is 4.78. The number of hydrogen-bond acceptors (Lipinski definition) is 5. The van der Waals surface area contributed by atoms with Crippen LogP contribution in [-0.4, -0.2) is 78.0 Å². The molecule has 6 heteroatoms. The van der Waals surface area contributed by atoms with Crippen LogP contribution in [0.1, 0.15) is 46.5 Å². The molecular formula is C17H33N3O3. The van der Waals surface area contributed by atoms with E-state index in [1.807, 2.05) is 20.8 Å². The molecule has 6 nitrogen and oxygen atoms in total. The Balaban J connectivity index is 1.80. The number of piperidine rings is 2. The van der Waals surface area contributed by atoms with Gasteiger partial charge < -0.3 is 20.1 Å². The highest BCUT2D eigenvalue weighted by atomic mass is 16.6. The van der Waals surface area contributed by atoms with Crippen LogP contribution in [-0.2, 0) is 4.74 Å². The number of aliphatic hydroxyl groups is 1. The second kappa shape index (κ2) is 7.36. The summed E-state index contributed by atoms with van der Waals surface area (Å²) in [6.45, 7) is 9.50. The molecule has 0 aromatic carbocycles. The maximum atomic E-state index is 12.1. The van der Waals surface area contributed by atoms with Gasteiger partial charge in [0.15, 0.2) is 0 Å². The van der Waals surface area contributed by atoms with Gasteiger partial charge in [-0.3, -0.25) is 4.90 Å². The maximum Gasteiger partial charge on any atom is 0.410 e. The topological polar surface area (TPSA) is 65.0 Å². The fraction of sp³-hybridized carbons (Fsp3) is 0.941. The first-order valence-corrected chi connectivity index (χ1v) is 8.80. The normalized spacial score (nSPS) is 25.5. The van der Waals surface area contributed by atoms with E-state index >= 15 is 0 Å². The molecule has 1 atom stereocenters. The van der Waals surface area contributed by atoms with Gasteiger partial charge in [-0.05, 0) is 60.0 Å². The van der Waals surface area contributed by atoms with Crippen molar-refractivity contribution in [2.24, 2.45) is 0 Å². The molecule has 2 heterocycles. The quantitative estimate of drug-likeness (QED) is 0.821. The van der Waals surface area contributed by atoms with Gasteiger partial charge in [0.05, 0.1) is 5.60 Å². The Morgan fingerprint density at radius 2 is 2.04 bits per heavy atom. The van der Waals surface area contributed by atoms with Gasteiger partial charge in [0.1, 0.15) is 5.60 Å². The Morgan fingerprint density at radius 3 is 2.57 bits per heavy atom. The summed E-state index contributed by atoms with van der Waals surface area (Å²) in [5, 5.41) is 14.3. The molecule has 0 aliphatic carbocycles. The van der Waals surface area contributed by atoms with Crippen LogP contribution in [0.15, 0.2) is 0 Å². The maximum absolute atomic E-state index is 12.1. The van der Waals surface area contributed by atoms with E-state index in [1.54, 1.807) is 4.90 Å². The Morgan fingerprint density at radius 1 is 1.39 bits per heavy atom. The Labute approximate surface area is 140 Å². The lowest BCUT2D eigenvalue weighted by molar-refractivity contribution is -0.0531. The van der Waals surface area contributed by atoms with E-state index in [0.29, 0.717) is 38.5 Å². The summed E-state index contributed by atoms with van der Waals surface area (Å²) < 4.78 is 5.41. The standard InChI is InChI=1S/C17H33N3O3/c1-16(2,3)23-15(21)20-10-7-17(22,8-11-20)13-19(4)14-6-5-9-18-12-14/h14,18,22H,5-13H2,1-4H3. The summed E-state index contributed by atoms with van der Waals surface area (Å²) >= 11 is 0. The van der Waals surface area contributed by atoms with Crippen molar-refractivity contribution in [1.82, 2.24) is 15.1 Å². The summed E-state index contributed by atoms with van der Waals surface area (Å²) in [4.78, 5) is 16.1. The van der Waals surface area contributed by atoms with Crippen molar-refractivity contribution < 1.29 is 14.6 Å². The van der Waals surface area contributed by atoms with Gasteiger partial charge in [0.2, 0.25) is 0 Å². The van der Waals surface area contributed by atoms with Crippen molar-refractivity contribution in [3.05, 3.63) is 0 Å². The molecule has 0 aromatic rings. The van der Waals surface area contributed by atoms with Crippen molar-refractivity contribution in [3.63, 3.8) is 0 Å². The number of ether oxygens (including phenoxy) is 1. The van der Waals surface area contributed by atoms with Crippen LogP contribution in [0.3, 0.4) is 0 Å². The molecule has 2 aliphatic heterocycles. The molecule has 0 aromatic heterocycles. The van der Waals surface area contributed by atoms with E-state index in [0.717, 1.165) is 13.1 Å². The fourth-order valence-corrected chi connectivity index (χ4v) is 3.39. The summed E-state index contributed by atoms with van der Waals surface area (Å²) in [5.74, 6) is 0. The van der Waals surface area contributed by atoms with E-state index in [-0.39, 0.29) is 6.09 Å². The number of carbonyl (C=O) groups excluding carboxylic acids is 1. The minimum absolute atomic E-state index is 0.274. The van der Waals surface area contributed by atoms with Crippen LogP contribution in [0.2, 0.25) is 0 Å². The van der Waals surface area contributed by atoms with Crippen LogP contribution in [0, 0.1) is 0 Å². The average Bonchev–Trinajstić information content (AvgIpc) is 2.46. The van der Waals surface area contributed by atoms with E-state index in [1.165, 1.54) is 12.8 Å². The molecule has 0 saturated carbocycles. The number of nitrogens with one attached hydrogen (secondary N) is 1. The molecule has 2 fully saturated rings. The molecule has 134 valence electrons. The predicted molar refractivity (Wildman–Crippen MR) is 90.5 cm³/mol. The first-order valence-electron chi connectivity index (χ1n) is 8.80. The first kappa shape index (κ1) is 18.5. The van der Waals surface area contributed by atoms with Crippen molar-refractivity contribution in [2.75, 3.05) is 39.8 Å². The third kappa shape index (κ3) is 5.62. The Hall–Kier alpha value is -0.850. The highest BCUT2D eigenvalue weighted by Crippen LogP contribution is 2.25. The zero-order valence-corrected chi connectivity index (χ0v) is 15.1. The highest BCUT2D eigenvalue weighted by Gasteiger charge is 2.37. The molecule has 0 bridgehead atoms. The molecule has 23 heavy (non-hydrogen) atoms. The second-order valence-electron chi connectivity index (χ2n) is 8.11. The minimum Gasteiger partial charge on any atom is -0.444 e. The number of carbonyl (C=O) groups is 1. The predicted octanol–water partition coefficient (Wildman–Crippen LogP) is 1.43. The fourth-order valence-electron chi connectivity index (χ4n) is 3.39. The van der Waals surface area contributed by atoms with E-state index in [2.05, 4.69) is 17.3 Å². The van der Waals surface area contributed by atoms with E-state index in [9.17, 15) is 9.90 Å². The summed E-state index contributed by atoms with van der Waals surface area (Å²) in [7, 11) is 2.09. The molecule has 2 N–H and O–H groups in total. The van der Waals surface area contributed by atoms with Gasteiger partial charge in [-0.15, -0.1) is 0 Å². The number of nitrogens with zero attached hydrogens (tertiary/aromatic N) is 2. The number of hydrogen-bond donors (Lipinski definition) is 2. The number of amides is 1. The lowest BCUT2D eigenvalue weighted by Crippen LogP contribution is -2.55. The Bertz CT molecular complexity index is 394. The van der Waals surface area contributed by atoms with Crippen LogP contribution < -0.4 is 5.32 Å². The lowest BCUT2D eigenvalue weighted by Gasteiger charge is -2.42. The van der Waals surface area contributed by atoms with Gasteiger partial charge in [-0.2, -0.15) is 0 Å². The van der Waals surface area contributed by atoms with Gasteiger partial charge in [0.25, 0.3) is 0 Å². The zero-order valence-electron chi connectivity index (χ0n) is 15.1. The van der Waals surface area contributed by atoms with Gasteiger partial charge in [-0.1, -0.05) is 0 Å². The van der Waals surface area contributed by atoms with E-state index < -0.39 is 11.2 Å². The van der Waals surface area contributed by atoms with Gasteiger partial charge in [0, 0.05) is 32.2 Å². The summed E-state index contributed by atoms with van der Waals surface area (Å²) in [6.07, 6.45) is 3.32. The highest BCUT2D eigenvalue weighted by molar-refractivity contribution is 5.68. The number of rotatable bonds is 3. The van der Waals surface area contributed by atoms with Crippen molar-refractivity contribution >= 4 is 6.09 Å². The lowest BCUT2D eigenvalue weighted by atomic mass is 9.90. The largest absolute Gasteiger partial charge is 0.444 e. The SMILES string of the molecule is CN(CC1(O)CCN(C(=O)OC(C)(C)C)CC1)C1CCCNC1. The minimum atomic E-state index is -0.704. The number of likely N-dealkylation sites (tertiary alicyclic amines) is 1. The van der Waals surface area contributed by atoms with Crippen molar-refractivity contribution in [3.8, 4) is 0 Å². The molecule has 0 spiro atoms. The van der Waals surface area contributed by atoms with E-state index in [4.69, 9.17) is 4.74 Å². The number of likely N-dealkylation sites (N-methyl/N-ethyl adjacent to an activating group) is 1. The smallest absolute Gasteiger partial charge is 0.410 e. The summed E-state index contributed by atoms with van der Waals surface area (Å²) in [5.41, 5.74) is -1.18. The van der Waals surface area contributed by atoms with Crippen LogP contribution in [0.5, 0.6) is 0 Å². The first-order chi connectivity index (χ1) is 10.7. The van der Waals surface area contributed by atoms with Crippen LogP contribution >= 0.6 is 0 Å². The molecule has 1 amide bonds. The molecule has 1 unspecified atom stereocenters. The van der Waals surface area contributed by atoms with Crippen LogP contribution in [0.4, 0.5) is 4.79 Å². The molecular weight excluding hydrogens is 294 g/mol. The molecule has 2 saturated heterocycles. The van der Waals surface area contributed by atoms with Gasteiger partial charge >= 0.3 is 6.09 Å².